The molecule has 0 amide bonds. The molecule has 2 aromatic carbocycles. The molecule has 0 aliphatic heterocycles. The molecule has 1 aliphatic carbocycles. The molecule has 20 heavy (non-hydrogen) atoms. The summed E-state index contributed by atoms with van der Waals surface area (Å²) in [5, 5.41) is 9.53. The van der Waals surface area contributed by atoms with E-state index in [1.54, 1.807) is 6.07 Å². The lowest BCUT2D eigenvalue weighted by atomic mass is 9.79. The molecule has 104 valence electrons. The highest BCUT2D eigenvalue weighted by Gasteiger charge is 2.23. The van der Waals surface area contributed by atoms with Gasteiger partial charge in [0, 0.05) is 6.04 Å². The van der Waals surface area contributed by atoms with Crippen molar-refractivity contribution in [3.63, 3.8) is 0 Å². The summed E-state index contributed by atoms with van der Waals surface area (Å²) in [6.07, 6.45) is 4.21. The Morgan fingerprint density at radius 1 is 1.10 bits per heavy atom. The van der Waals surface area contributed by atoms with Crippen molar-refractivity contribution in [2.24, 2.45) is 11.7 Å². The maximum Gasteiger partial charge on any atom is 0.115 e. The van der Waals surface area contributed by atoms with E-state index in [2.05, 4.69) is 24.3 Å². The van der Waals surface area contributed by atoms with Crippen LogP contribution in [0.2, 0.25) is 0 Å². The zero-order chi connectivity index (χ0) is 13.9. The standard InChI is InChI=1S/C18H21NO/c19-18(11-13-4-3-7-17(20)10-13)16-9-8-14-5-1-2-6-15(14)12-16/h1-7,10,16,18,20H,8-9,11-12,19H2. The molecule has 2 atom stereocenters. The fourth-order valence-electron chi connectivity index (χ4n) is 3.21. The van der Waals surface area contributed by atoms with E-state index in [1.165, 1.54) is 11.1 Å². The van der Waals surface area contributed by atoms with Crippen molar-refractivity contribution < 1.29 is 5.11 Å². The number of aromatic hydroxyl groups is 1. The van der Waals surface area contributed by atoms with Gasteiger partial charge in [-0.25, -0.2) is 0 Å². The Balaban J connectivity index is 1.68. The van der Waals surface area contributed by atoms with Crippen LogP contribution in [0.25, 0.3) is 0 Å². The number of phenolic OH excluding ortho intramolecular Hbond substituents is 1. The van der Waals surface area contributed by atoms with Crippen molar-refractivity contribution in [1.82, 2.24) is 0 Å². The first-order valence-corrected chi connectivity index (χ1v) is 7.32. The van der Waals surface area contributed by atoms with Crippen LogP contribution in [0.5, 0.6) is 5.75 Å². The summed E-state index contributed by atoms with van der Waals surface area (Å²) < 4.78 is 0. The lowest BCUT2D eigenvalue weighted by Crippen LogP contribution is -2.35. The molecule has 0 radical (unpaired) electrons. The Morgan fingerprint density at radius 3 is 2.70 bits per heavy atom. The number of aryl methyl sites for hydroxylation is 1. The van der Waals surface area contributed by atoms with Crippen LogP contribution in [-0.2, 0) is 19.3 Å². The summed E-state index contributed by atoms with van der Waals surface area (Å²) >= 11 is 0. The van der Waals surface area contributed by atoms with E-state index < -0.39 is 0 Å². The third-order valence-corrected chi connectivity index (χ3v) is 4.37. The highest BCUT2D eigenvalue weighted by molar-refractivity contribution is 5.31. The fourth-order valence-corrected chi connectivity index (χ4v) is 3.21. The second-order valence-corrected chi connectivity index (χ2v) is 5.81. The summed E-state index contributed by atoms with van der Waals surface area (Å²) in [5.74, 6) is 0.857. The third-order valence-electron chi connectivity index (χ3n) is 4.37. The largest absolute Gasteiger partial charge is 0.508 e. The second kappa shape index (κ2) is 5.68. The summed E-state index contributed by atoms with van der Waals surface area (Å²) in [5.41, 5.74) is 10.5. The minimum Gasteiger partial charge on any atom is -0.508 e. The van der Waals surface area contributed by atoms with Gasteiger partial charge in [0.05, 0.1) is 0 Å². The first-order chi connectivity index (χ1) is 9.72. The van der Waals surface area contributed by atoms with Crippen LogP contribution in [0.1, 0.15) is 23.1 Å². The van der Waals surface area contributed by atoms with Gasteiger partial charge in [0.15, 0.2) is 0 Å². The lowest BCUT2D eigenvalue weighted by molar-refractivity contribution is 0.372. The lowest BCUT2D eigenvalue weighted by Gasteiger charge is -2.29. The predicted octanol–water partition coefficient (Wildman–Crippen LogP) is 3.07. The third kappa shape index (κ3) is 2.86. The number of phenols is 1. The molecule has 0 saturated carbocycles. The van der Waals surface area contributed by atoms with Gasteiger partial charge in [-0.15, -0.1) is 0 Å². The van der Waals surface area contributed by atoms with Crippen LogP contribution in [0.3, 0.4) is 0 Å². The van der Waals surface area contributed by atoms with Crippen LogP contribution in [0.15, 0.2) is 48.5 Å². The van der Waals surface area contributed by atoms with Gasteiger partial charge in [-0.1, -0.05) is 36.4 Å². The molecule has 0 aromatic heterocycles. The SMILES string of the molecule is NC(Cc1cccc(O)c1)C1CCc2ccccc2C1. The van der Waals surface area contributed by atoms with Crippen LogP contribution >= 0.6 is 0 Å². The van der Waals surface area contributed by atoms with Gasteiger partial charge < -0.3 is 10.8 Å². The predicted molar refractivity (Wildman–Crippen MR) is 81.7 cm³/mol. The van der Waals surface area contributed by atoms with Crippen LogP contribution in [0.4, 0.5) is 0 Å². The Hall–Kier alpha value is -1.80. The average molecular weight is 267 g/mol. The van der Waals surface area contributed by atoms with Crippen molar-refractivity contribution in [2.45, 2.75) is 31.7 Å². The second-order valence-electron chi connectivity index (χ2n) is 5.81. The smallest absolute Gasteiger partial charge is 0.115 e. The van der Waals surface area contributed by atoms with E-state index in [0.29, 0.717) is 11.7 Å². The first kappa shape index (κ1) is 13.2. The molecule has 0 heterocycles. The van der Waals surface area contributed by atoms with E-state index in [4.69, 9.17) is 5.73 Å². The molecule has 0 fully saturated rings. The monoisotopic (exact) mass is 267 g/mol. The Kier molecular flexibility index (Phi) is 3.75. The molecule has 1 aliphatic rings. The topological polar surface area (TPSA) is 46.2 Å². The van der Waals surface area contributed by atoms with Gasteiger partial charge in [0.1, 0.15) is 5.75 Å². The minimum absolute atomic E-state index is 0.158. The van der Waals surface area contributed by atoms with E-state index >= 15 is 0 Å². The Morgan fingerprint density at radius 2 is 1.90 bits per heavy atom. The van der Waals surface area contributed by atoms with E-state index in [1.807, 2.05) is 18.2 Å². The normalized spacial score (nSPS) is 19.4. The van der Waals surface area contributed by atoms with Crippen LogP contribution < -0.4 is 5.73 Å². The number of rotatable bonds is 3. The first-order valence-electron chi connectivity index (χ1n) is 7.32. The molecule has 2 aromatic rings. The quantitative estimate of drug-likeness (QED) is 0.897. The summed E-state index contributed by atoms with van der Waals surface area (Å²) in [7, 11) is 0. The van der Waals surface area contributed by atoms with E-state index in [-0.39, 0.29) is 6.04 Å². The van der Waals surface area contributed by atoms with E-state index in [9.17, 15) is 5.11 Å². The van der Waals surface area contributed by atoms with Gasteiger partial charge in [-0.05, 0) is 60.4 Å². The molecule has 2 heteroatoms. The highest BCUT2D eigenvalue weighted by Crippen LogP contribution is 2.28. The zero-order valence-corrected chi connectivity index (χ0v) is 11.6. The van der Waals surface area contributed by atoms with E-state index in [0.717, 1.165) is 31.2 Å². The molecular formula is C18H21NO. The Bertz CT molecular complexity index is 593. The molecule has 0 spiro atoms. The summed E-state index contributed by atoms with van der Waals surface area (Å²) in [6, 6.07) is 16.3. The maximum atomic E-state index is 9.53. The van der Waals surface area contributed by atoms with Crippen LogP contribution in [0, 0.1) is 5.92 Å². The van der Waals surface area contributed by atoms with Crippen molar-refractivity contribution in [3.05, 3.63) is 65.2 Å². The average Bonchev–Trinajstić information content (AvgIpc) is 2.47. The summed E-state index contributed by atoms with van der Waals surface area (Å²) in [6.45, 7) is 0. The number of hydrogen-bond acceptors (Lipinski definition) is 2. The minimum atomic E-state index is 0.158. The van der Waals surface area contributed by atoms with Crippen molar-refractivity contribution in [3.8, 4) is 5.75 Å². The van der Waals surface area contributed by atoms with Gasteiger partial charge >= 0.3 is 0 Å². The molecule has 2 unspecified atom stereocenters. The molecule has 0 bridgehead atoms. The van der Waals surface area contributed by atoms with Gasteiger partial charge in [0.2, 0.25) is 0 Å². The van der Waals surface area contributed by atoms with Gasteiger partial charge in [0.25, 0.3) is 0 Å². The Labute approximate surface area is 120 Å². The van der Waals surface area contributed by atoms with Crippen molar-refractivity contribution in [2.75, 3.05) is 0 Å². The van der Waals surface area contributed by atoms with Crippen molar-refractivity contribution in [1.29, 1.82) is 0 Å². The maximum absolute atomic E-state index is 9.53. The molecular weight excluding hydrogens is 246 g/mol. The van der Waals surface area contributed by atoms with Gasteiger partial charge in [-0.3, -0.25) is 0 Å². The zero-order valence-electron chi connectivity index (χ0n) is 11.6. The summed E-state index contributed by atoms with van der Waals surface area (Å²) in [4.78, 5) is 0. The molecule has 3 N–H and O–H groups in total. The van der Waals surface area contributed by atoms with Crippen molar-refractivity contribution >= 4 is 0 Å². The fraction of sp³-hybridized carbons (Fsp3) is 0.333. The number of nitrogens with two attached hydrogens (primary N) is 1. The molecule has 3 rings (SSSR count). The van der Waals surface area contributed by atoms with Gasteiger partial charge in [-0.2, -0.15) is 0 Å². The number of fused-ring (bicyclic) bond motifs is 1. The number of benzene rings is 2. The molecule has 0 saturated heterocycles. The highest BCUT2D eigenvalue weighted by atomic mass is 16.3. The van der Waals surface area contributed by atoms with Crippen LogP contribution in [-0.4, -0.2) is 11.1 Å². The number of hydrogen-bond donors (Lipinski definition) is 2. The molecule has 2 nitrogen and oxygen atoms in total.